The van der Waals surface area contributed by atoms with E-state index in [-0.39, 0.29) is 18.6 Å². The van der Waals surface area contributed by atoms with Gasteiger partial charge in [-0.3, -0.25) is 4.79 Å². The number of aliphatic hydroxyl groups excluding tert-OH is 1. The Morgan fingerprint density at radius 1 is 1.44 bits per heavy atom. The number of carbonyl (C=O) groups is 1. The van der Waals surface area contributed by atoms with Gasteiger partial charge in [0.1, 0.15) is 6.61 Å². The molecule has 2 aliphatic heterocycles. The average molecular weight is 251 g/mol. The zero-order valence-electron chi connectivity index (χ0n) is 10.5. The molecule has 0 fully saturated rings. The number of rotatable bonds is 1. The van der Waals surface area contributed by atoms with Crippen LogP contribution in [0, 0.1) is 0 Å². The number of benzene rings is 1. The summed E-state index contributed by atoms with van der Waals surface area (Å²) in [5, 5.41) is 11.8. The van der Waals surface area contributed by atoms with E-state index in [0.717, 1.165) is 11.3 Å². The fraction of sp³-hybridized carbons (Fsp3) is 0.462. The molecule has 0 saturated heterocycles. The Kier molecular flexibility index (Phi) is 3.72. The Morgan fingerprint density at radius 2 is 2.22 bits per heavy atom. The SMILES string of the molecule is CC.O=C1Cc2c(ccc3c2OC(CO)CO3)N1. The third-order valence-corrected chi connectivity index (χ3v) is 2.75. The van der Waals surface area contributed by atoms with Crippen LogP contribution in [-0.2, 0) is 11.2 Å². The van der Waals surface area contributed by atoms with Crippen LogP contribution in [0.1, 0.15) is 19.4 Å². The van der Waals surface area contributed by atoms with E-state index in [0.29, 0.717) is 24.5 Å². The van der Waals surface area contributed by atoms with Gasteiger partial charge >= 0.3 is 0 Å². The largest absolute Gasteiger partial charge is 0.486 e. The summed E-state index contributed by atoms with van der Waals surface area (Å²) in [4.78, 5) is 11.3. The fourth-order valence-corrected chi connectivity index (χ4v) is 1.97. The van der Waals surface area contributed by atoms with Gasteiger partial charge in [0.25, 0.3) is 0 Å². The summed E-state index contributed by atoms with van der Waals surface area (Å²) in [6.07, 6.45) is -0.0466. The Labute approximate surface area is 106 Å². The van der Waals surface area contributed by atoms with Gasteiger partial charge in [-0.25, -0.2) is 0 Å². The summed E-state index contributed by atoms with van der Waals surface area (Å²) < 4.78 is 11.1. The van der Waals surface area contributed by atoms with E-state index in [1.807, 2.05) is 19.9 Å². The molecule has 1 unspecified atom stereocenters. The summed E-state index contributed by atoms with van der Waals surface area (Å²) >= 11 is 0. The molecule has 2 heterocycles. The van der Waals surface area contributed by atoms with Crippen LogP contribution in [0.15, 0.2) is 12.1 Å². The van der Waals surface area contributed by atoms with Gasteiger partial charge in [-0.15, -0.1) is 0 Å². The summed E-state index contributed by atoms with van der Waals surface area (Å²) in [5.41, 5.74) is 1.59. The molecule has 0 bridgehead atoms. The number of fused-ring (bicyclic) bond motifs is 3. The highest BCUT2D eigenvalue weighted by molar-refractivity contribution is 6.00. The normalized spacial score (nSPS) is 19.5. The second-order valence-electron chi connectivity index (χ2n) is 3.88. The number of amides is 1. The van der Waals surface area contributed by atoms with Gasteiger partial charge in [0.05, 0.1) is 13.0 Å². The highest BCUT2D eigenvalue weighted by Crippen LogP contribution is 2.41. The van der Waals surface area contributed by atoms with Gasteiger partial charge in [-0.1, -0.05) is 13.8 Å². The first-order valence-corrected chi connectivity index (χ1v) is 6.14. The van der Waals surface area contributed by atoms with Crippen molar-refractivity contribution in [1.82, 2.24) is 0 Å². The number of hydrogen-bond donors (Lipinski definition) is 2. The van der Waals surface area contributed by atoms with Gasteiger partial charge in [-0.05, 0) is 12.1 Å². The van der Waals surface area contributed by atoms with E-state index >= 15 is 0 Å². The molecule has 1 atom stereocenters. The number of nitrogens with one attached hydrogen (secondary N) is 1. The molecule has 0 aromatic heterocycles. The van der Waals surface area contributed by atoms with E-state index in [4.69, 9.17) is 14.6 Å². The van der Waals surface area contributed by atoms with Crippen LogP contribution < -0.4 is 14.8 Å². The first-order chi connectivity index (χ1) is 8.78. The molecular formula is C13H17NO4. The summed E-state index contributed by atoms with van der Waals surface area (Å²) in [6.45, 7) is 4.24. The summed E-state index contributed by atoms with van der Waals surface area (Å²) in [7, 11) is 0. The number of hydrogen-bond acceptors (Lipinski definition) is 4. The number of carbonyl (C=O) groups excluding carboxylic acids is 1. The van der Waals surface area contributed by atoms with Crippen molar-refractivity contribution in [2.45, 2.75) is 26.4 Å². The van der Waals surface area contributed by atoms with Crippen molar-refractivity contribution < 1.29 is 19.4 Å². The number of aliphatic hydroxyl groups is 1. The molecule has 18 heavy (non-hydrogen) atoms. The average Bonchev–Trinajstić information content (AvgIpc) is 2.81. The van der Waals surface area contributed by atoms with E-state index in [2.05, 4.69) is 5.32 Å². The molecular weight excluding hydrogens is 234 g/mol. The second kappa shape index (κ2) is 5.27. The summed E-state index contributed by atoms with van der Waals surface area (Å²) in [5.74, 6) is 1.18. The van der Waals surface area contributed by atoms with Gasteiger partial charge in [0.15, 0.2) is 17.6 Å². The van der Waals surface area contributed by atoms with Crippen LogP contribution in [0.25, 0.3) is 0 Å². The lowest BCUT2D eigenvalue weighted by atomic mass is 10.1. The molecule has 3 rings (SSSR count). The molecule has 0 radical (unpaired) electrons. The molecule has 98 valence electrons. The van der Waals surface area contributed by atoms with Gasteiger partial charge in [0, 0.05) is 11.3 Å². The van der Waals surface area contributed by atoms with Crippen LogP contribution in [0.2, 0.25) is 0 Å². The Morgan fingerprint density at radius 3 is 2.94 bits per heavy atom. The van der Waals surface area contributed by atoms with Crippen molar-refractivity contribution in [3.8, 4) is 11.5 Å². The van der Waals surface area contributed by atoms with Crippen molar-refractivity contribution in [1.29, 1.82) is 0 Å². The van der Waals surface area contributed by atoms with Crippen LogP contribution in [0.3, 0.4) is 0 Å². The molecule has 1 aromatic carbocycles. The van der Waals surface area contributed by atoms with Gasteiger partial charge < -0.3 is 19.9 Å². The van der Waals surface area contributed by atoms with E-state index < -0.39 is 0 Å². The Hall–Kier alpha value is -1.75. The summed E-state index contributed by atoms with van der Waals surface area (Å²) in [6, 6.07) is 3.58. The molecule has 2 N–H and O–H groups in total. The minimum Gasteiger partial charge on any atom is -0.486 e. The Bertz CT molecular complexity index is 459. The predicted octanol–water partition coefficient (Wildman–Crippen LogP) is 1.34. The van der Waals surface area contributed by atoms with Crippen LogP contribution in [0.5, 0.6) is 11.5 Å². The van der Waals surface area contributed by atoms with Crippen molar-refractivity contribution in [2.75, 3.05) is 18.5 Å². The van der Waals surface area contributed by atoms with Crippen LogP contribution >= 0.6 is 0 Å². The van der Waals surface area contributed by atoms with Crippen molar-refractivity contribution in [2.24, 2.45) is 0 Å². The highest BCUT2D eigenvalue weighted by atomic mass is 16.6. The monoisotopic (exact) mass is 251 g/mol. The van der Waals surface area contributed by atoms with Gasteiger partial charge in [0.2, 0.25) is 5.91 Å². The van der Waals surface area contributed by atoms with Crippen molar-refractivity contribution in [3.63, 3.8) is 0 Å². The maximum Gasteiger partial charge on any atom is 0.229 e. The number of ether oxygens (including phenoxy) is 2. The van der Waals surface area contributed by atoms with E-state index in [9.17, 15) is 4.79 Å². The number of anilines is 1. The molecule has 0 spiro atoms. The second-order valence-corrected chi connectivity index (χ2v) is 3.88. The highest BCUT2D eigenvalue weighted by Gasteiger charge is 2.29. The lowest BCUT2D eigenvalue weighted by Gasteiger charge is -2.26. The molecule has 5 nitrogen and oxygen atoms in total. The molecule has 5 heteroatoms. The lowest BCUT2D eigenvalue weighted by molar-refractivity contribution is -0.115. The molecule has 2 aliphatic rings. The van der Waals surface area contributed by atoms with E-state index in [1.165, 1.54) is 0 Å². The fourth-order valence-electron chi connectivity index (χ4n) is 1.97. The topological polar surface area (TPSA) is 67.8 Å². The van der Waals surface area contributed by atoms with E-state index in [1.54, 1.807) is 6.07 Å². The maximum absolute atomic E-state index is 11.3. The minimum absolute atomic E-state index is 0.0434. The predicted molar refractivity (Wildman–Crippen MR) is 67.1 cm³/mol. The maximum atomic E-state index is 11.3. The van der Waals surface area contributed by atoms with Crippen LogP contribution in [0.4, 0.5) is 5.69 Å². The first-order valence-electron chi connectivity index (χ1n) is 6.14. The molecule has 0 saturated carbocycles. The zero-order valence-corrected chi connectivity index (χ0v) is 10.5. The van der Waals surface area contributed by atoms with Crippen LogP contribution in [-0.4, -0.2) is 30.3 Å². The minimum atomic E-state index is -0.352. The molecule has 0 aliphatic carbocycles. The quantitative estimate of drug-likeness (QED) is 0.790. The molecule has 1 aromatic rings. The van der Waals surface area contributed by atoms with Crippen molar-refractivity contribution in [3.05, 3.63) is 17.7 Å². The molecule has 1 amide bonds. The third kappa shape index (κ3) is 2.13. The Balaban J connectivity index is 0.000000574. The van der Waals surface area contributed by atoms with Crippen molar-refractivity contribution >= 4 is 11.6 Å². The first kappa shape index (κ1) is 12.7. The van der Waals surface area contributed by atoms with Gasteiger partial charge in [-0.2, -0.15) is 0 Å². The lowest BCUT2D eigenvalue weighted by Crippen LogP contribution is -2.32. The smallest absolute Gasteiger partial charge is 0.229 e. The standard InChI is InChI=1S/C11H11NO4.C2H6/c13-4-6-5-15-9-2-1-8-7(11(9)16-6)3-10(14)12-8;1-2/h1-2,6,13H,3-5H2,(H,12,14);1-2H3. The third-order valence-electron chi connectivity index (χ3n) is 2.75. The zero-order chi connectivity index (χ0) is 13.1.